The van der Waals surface area contributed by atoms with Gasteiger partial charge in [0.2, 0.25) is 0 Å². The van der Waals surface area contributed by atoms with E-state index >= 15 is 0 Å². The fourth-order valence-corrected chi connectivity index (χ4v) is 3.87. The van der Waals surface area contributed by atoms with Crippen LogP contribution in [0.25, 0.3) is 0 Å². The summed E-state index contributed by atoms with van der Waals surface area (Å²) in [6, 6.07) is 2.00. The van der Waals surface area contributed by atoms with Crippen molar-refractivity contribution in [3.05, 3.63) is 22.8 Å². The average molecular weight is 406 g/mol. The Morgan fingerprint density at radius 3 is 1.93 bits per heavy atom. The number of nitrogens with one attached hydrogen (secondary N) is 1. The Hall–Kier alpha value is -1.09. The molecule has 0 aromatic heterocycles. The summed E-state index contributed by atoms with van der Waals surface area (Å²) in [5.41, 5.74) is 3.90. The average Bonchev–Trinajstić information content (AvgIpc) is 2.65. The first-order valence-corrected chi connectivity index (χ1v) is 11.7. The molecular formula is C25H43NOS. The summed E-state index contributed by atoms with van der Waals surface area (Å²) in [5.74, 6) is 0.388. The van der Waals surface area contributed by atoms with Gasteiger partial charge in [0.25, 0.3) is 0 Å². The Balaban J connectivity index is 2.36. The van der Waals surface area contributed by atoms with Crippen LogP contribution in [-0.2, 0) is 0 Å². The number of aromatic hydroxyl groups is 1. The SMILES string of the molecule is CCCCCCCCCCCCC(C)(C)C(=S)Nc1cc(C)c(O)c(C)c1C. The lowest BCUT2D eigenvalue weighted by atomic mass is 9.86. The van der Waals surface area contributed by atoms with Crippen molar-refractivity contribution in [1.29, 1.82) is 0 Å². The molecule has 0 aliphatic heterocycles. The van der Waals surface area contributed by atoms with Gasteiger partial charge >= 0.3 is 0 Å². The zero-order valence-electron chi connectivity index (χ0n) is 19.2. The minimum Gasteiger partial charge on any atom is -0.507 e. The van der Waals surface area contributed by atoms with E-state index in [9.17, 15) is 5.11 Å². The molecule has 1 rings (SSSR count). The molecule has 2 N–H and O–H groups in total. The fourth-order valence-electron chi connectivity index (χ4n) is 3.66. The molecule has 0 unspecified atom stereocenters. The third-order valence-corrected chi connectivity index (χ3v) is 6.73. The largest absolute Gasteiger partial charge is 0.507 e. The fraction of sp³-hybridized carbons (Fsp3) is 0.720. The Kier molecular flexibility index (Phi) is 11.1. The van der Waals surface area contributed by atoms with E-state index in [2.05, 4.69) is 26.1 Å². The smallest absolute Gasteiger partial charge is 0.121 e. The Morgan fingerprint density at radius 2 is 1.39 bits per heavy atom. The second kappa shape index (κ2) is 12.5. The van der Waals surface area contributed by atoms with Gasteiger partial charge in [-0.3, -0.25) is 0 Å². The van der Waals surface area contributed by atoms with Gasteiger partial charge in [-0.2, -0.15) is 0 Å². The van der Waals surface area contributed by atoms with Crippen LogP contribution in [0.2, 0.25) is 0 Å². The zero-order chi connectivity index (χ0) is 21.2. The Morgan fingerprint density at radius 1 is 0.893 bits per heavy atom. The van der Waals surface area contributed by atoms with Crippen LogP contribution in [0.3, 0.4) is 0 Å². The molecule has 0 radical (unpaired) electrons. The number of benzene rings is 1. The highest BCUT2D eigenvalue weighted by molar-refractivity contribution is 7.80. The van der Waals surface area contributed by atoms with Gasteiger partial charge in [0.1, 0.15) is 5.75 Å². The molecule has 160 valence electrons. The van der Waals surface area contributed by atoms with Crippen LogP contribution >= 0.6 is 12.2 Å². The van der Waals surface area contributed by atoms with Crippen LogP contribution < -0.4 is 5.32 Å². The van der Waals surface area contributed by atoms with Crippen molar-refractivity contribution < 1.29 is 5.11 Å². The van der Waals surface area contributed by atoms with E-state index in [0.29, 0.717) is 5.75 Å². The van der Waals surface area contributed by atoms with Crippen molar-refractivity contribution in [1.82, 2.24) is 0 Å². The first-order valence-electron chi connectivity index (χ1n) is 11.3. The lowest BCUT2D eigenvalue weighted by Crippen LogP contribution is -2.29. The molecule has 0 aliphatic carbocycles. The number of rotatable bonds is 13. The molecule has 0 fully saturated rings. The van der Waals surface area contributed by atoms with Gasteiger partial charge in [0.15, 0.2) is 0 Å². The van der Waals surface area contributed by atoms with Crippen molar-refractivity contribution in [3.8, 4) is 5.75 Å². The standard InChI is InChI=1S/C25H43NOS/c1-7-8-9-10-11-12-13-14-15-16-17-25(5,6)24(28)26-22-18-19(2)23(27)21(4)20(22)3/h18,27H,7-17H2,1-6H3,(H,26,28). The van der Waals surface area contributed by atoms with Gasteiger partial charge in [-0.1, -0.05) is 97.2 Å². The number of phenols is 1. The highest BCUT2D eigenvalue weighted by Gasteiger charge is 2.24. The molecule has 0 spiro atoms. The molecule has 0 atom stereocenters. The third-order valence-electron chi connectivity index (χ3n) is 6.07. The number of hydrogen-bond acceptors (Lipinski definition) is 2. The summed E-state index contributed by atoms with van der Waals surface area (Å²) < 4.78 is 0. The van der Waals surface area contributed by atoms with E-state index in [4.69, 9.17) is 12.2 Å². The summed E-state index contributed by atoms with van der Waals surface area (Å²) in [5, 5.41) is 13.6. The van der Waals surface area contributed by atoms with E-state index in [1.165, 1.54) is 64.2 Å². The number of anilines is 1. The topological polar surface area (TPSA) is 32.3 Å². The number of thiocarbonyl (C=S) groups is 1. The predicted octanol–water partition coefficient (Wildman–Crippen LogP) is 8.39. The third kappa shape index (κ3) is 8.11. The second-order valence-electron chi connectivity index (χ2n) is 9.11. The molecular weight excluding hydrogens is 362 g/mol. The minimum atomic E-state index is -0.0123. The van der Waals surface area contributed by atoms with E-state index in [0.717, 1.165) is 33.8 Å². The molecule has 3 heteroatoms. The van der Waals surface area contributed by atoms with Gasteiger partial charge < -0.3 is 10.4 Å². The quantitative estimate of drug-likeness (QED) is 0.196. The first-order chi connectivity index (χ1) is 13.2. The highest BCUT2D eigenvalue weighted by Crippen LogP contribution is 2.33. The molecule has 0 saturated heterocycles. The van der Waals surface area contributed by atoms with Crippen molar-refractivity contribution >= 4 is 22.9 Å². The van der Waals surface area contributed by atoms with Gasteiger partial charge in [-0.25, -0.2) is 0 Å². The lowest BCUT2D eigenvalue weighted by molar-refractivity contribution is 0.441. The van der Waals surface area contributed by atoms with Crippen LogP contribution in [0.5, 0.6) is 5.75 Å². The maximum Gasteiger partial charge on any atom is 0.121 e. The zero-order valence-corrected chi connectivity index (χ0v) is 20.0. The maximum absolute atomic E-state index is 10.1. The van der Waals surface area contributed by atoms with Crippen LogP contribution in [-0.4, -0.2) is 10.1 Å². The molecule has 0 bridgehead atoms. The number of hydrogen-bond donors (Lipinski definition) is 2. The lowest BCUT2D eigenvalue weighted by Gasteiger charge is -2.28. The monoisotopic (exact) mass is 405 g/mol. The predicted molar refractivity (Wildman–Crippen MR) is 129 cm³/mol. The summed E-state index contributed by atoms with van der Waals surface area (Å²) in [4.78, 5) is 0.899. The van der Waals surface area contributed by atoms with Crippen LogP contribution in [0, 0.1) is 26.2 Å². The Labute approximate surface area is 179 Å². The maximum atomic E-state index is 10.1. The van der Waals surface area contributed by atoms with E-state index in [1.54, 1.807) is 0 Å². The Bertz CT molecular complexity index is 621. The van der Waals surface area contributed by atoms with Gasteiger partial charge in [0.05, 0.1) is 4.99 Å². The molecule has 1 aromatic carbocycles. The van der Waals surface area contributed by atoms with Gasteiger partial charge in [0, 0.05) is 11.1 Å². The number of unbranched alkanes of at least 4 members (excludes halogenated alkanes) is 9. The molecule has 0 aliphatic rings. The summed E-state index contributed by atoms with van der Waals surface area (Å²) in [7, 11) is 0. The van der Waals surface area contributed by atoms with Gasteiger partial charge in [-0.05, 0) is 49.9 Å². The molecule has 0 saturated carbocycles. The van der Waals surface area contributed by atoms with Crippen LogP contribution in [0.4, 0.5) is 5.69 Å². The summed E-state index contributed by atoms with van der Waals surface area (Å²) in [6.45, 7) is 12.7. The number of aryl methyl sites for hydroxylation is 1. The second-order valence-corrected chi connectivity index (χ2v) is 9.52. The first kappa shape index (κ1) is 24.9. The molecule has 1 aromatic rings. The summed E-state index contributed by atoms with van der Waals surface area (Å²) >= 11 is 5.75. The van der Waals surface area contributed by atoms with Crippen LogP contribution in [0.1, 0.15) is 108 Å². The van der Waals surface area contributed by atoms with Crippen molar-refractivity contribution in [2.45, 2.75) is 112 Å². The van der Waals surface area contributed by atoms with Crippen LogP contribution in [0.15, 0.2) is 6.07 Å². The summed E-state index contributed by atoms with van der Waals surface area (Å²) in [6.07, 6.45) is 14.7. The van der Waals surface area contributed by atoms with Crippen molar-refractivity contribution in [3.63, 3.8) is 0 Å². The minimum absolute atomic E-state index is 0.0123. The van der Waals surface area contributed by atoms with Crippen molar-refractivity contribution in [2.24, 2.45) is 5.41 Å². The highest BCUT2D eigenvalue weighted by atomic mass is 32.1. The molecule has 28 heavy (non-hydrogen) atoms. The molecule has 0 heterocycles. The van der Waals surface area contributed by atoms with Gasteiger partial charge in [-0.15, -0.1) is 0 Å². The normalized spacial score (nSPS) is 11.6. The van der Waals surface area contributed by atoms with E-state index in [1.807, 2.05) is 26.8 Å². The van der Waals surface area contributed by atoms with E-state index < -0.39 is 0 Å². The van der Waals surface area contributed by atoms with E-state index in [-0.39, 0.29) is 5.41 Å². The number of phenolic OH excluding ortho intramolecular Hbond substituents is 1. The molecule has 2 nitrogen and oxygen atoms in total. The molecule has 0 amide bonds. The van der Waals surface area contributed by atoms with Crippen molar-refractivity contribution in [2.75, 3.05) is 5.32 Å².